The van der Waals surface area contributed by atoms with Gasteiger partial charge in [0, 0.05) is 17.6 Å². The van der Waals surface area contributed by atoms with Crippen molar-refractivity contribution < 1.29 is 29.3 Å². The van der Waals surface area contributed by atoms with Crippen LogP contribution in [-0.4, -0.2) is 41.2 Å². The molecule has 24 heavy (non-hydrogen) atoms. The quantitative estimate of drug-likeness (QED) is 0.436. The molecule has 2 rings (SSSR count). The number of esters is 2. The predicted molar refractivity (Wildman–Crippen MR) is 86.7 cm³/mol. The summed E-state index contributed by atoms with van der Waals surface area (Å²) in [5.41, 5.74) is -1.33. The Labute approximate surface area is 142 Å². The maximum atomic E-state index is 12.1. The molecule has 0 aromatic rings. The molecule has 0 saturated heterocycles. The second-order valence-corrected chi connectivity index (χ2v) is 7.16. The average molecular weight is 338 g/mol. The first kappa shape index (κ1) is 18.7. The highest BCUT2D eigenvalue weighted by molar-refractivity contribution is 5.89. The zero-order valence-corrected chi connectivity index (χ0v) is 14.4. The topological polar surface area (TPSA) is 93.1 Å². The van der Waals surface area contributed by atoms with Crippen molar-refractivity contribution in [2.75, 3.05) is 13.2 Å². The van der Waals surface area contributed by atoms with Gasteiger partial charge in [0.05, 0.1) is 18.6 Å². The summed E-state index contributed by atoms with van der Waals surface area (Å²) in [6, 6.07) is 0. The molecule has 0 unspecified atom stereocenters. The molecule has 0 aromatic carbocycles. The first-order valence-electron chi connectivity index (χ1n) is 8.19. The van der Waals surface area contributed by atoms with Crippen LogP contribution in [0.2, 0.25) is 0 Å². The van der Waals surface area contributed by atoms with E-state index in [0.717, 1.165) is 25.7 Å². The molecule has 1 spiro atoms. The molecular weight excluding hydrogens is 312 g/mol. The summed E-state index contributed by atoms with van der Waals surface area (Å²) in [6.45, 7) is 9.16. The first-order chi connectivity index (χ1) is 11.2. The third-order valence-electron chi connectivity index (χ3n) is 5.63. The van der Waals surface area contributed by atoms with Crippen LogP contribution in [0.5, 0.6) is 0 Å². The Morgan fingerprint density at radius 3 is 1.71 bits per heavy atom. The third kappa shape index (κ3) is 2.48. The fourth-order valence-corrected chi connectivity index (χ4v) is 4.18. The van der Waals surface area contributed by atoms with Crippen molar-refractivity contribution in [1.82, 2.24) is 0 Å². The SMILES string of the molecule is C=C(C)C(=O)OC1(OC(=O)C(=C)C)CC2(CCCC2)C1(CO)CO. The van der Waals surface area contributed by atoms with Gasteiger partial charge in [-0.25, -0.2) is 9.59 Å². The number of hydrogen-bond acceptors (Lipinski definition) is 6. The van der Waals surface area contributed by atoms with Gasteiger partial charge >= 0.3 is 11.9 Å². The number of hydrogen-bond donors (Lipinski definition) is 2. The predicted octanol–water partition coefficient (Wildman–Crippen LogP) is 1.86. The van der Waals surface area contributed by atoms with E-state index in [9.17, 15) is 19.8 Å². The number of aliphatic hydroxyl groups is 2. The minimum Gasteiger partial charge on any atom is -0.418 e. The smallest absolute Gasteiger partial charge is 0.336 e. The molecule has 0 atom stereocenters. The Morgan fingerprint density at radius 1 is 0.958 bits per heavy atom. The van der Waals surface area contributed by atoms with E-state index in [1.54, 1.807) is 0 Å². The minimum absolute atomic E-state index is 0.151. The second kappa shape index (κ2) is 6.33. The molecule has 0 bridgehead atoms. The zero-order chi connectivity index (χ0) is 18.2. The summed E-state index contributed by atoms with van der Waals surface area (Å²) >= 11 is 0. The molecule has 6 nitrogen and oxygen atoms in total. The second-order valence-electron chi connectivity index (χ2n) is 7.16. The Bertz CT molecular complexity index is 538. The highest BCUT2D eigenvalue weighted by Gasteiger charge is 2.78. The summed E-state index contributed by atoms with van der Waals surface area (Å²) in [7, 11) is 0. The van der Waals surface area contributed by atoms with Crippen molar-refractivity contribution in [2.45, 2.75) is 51.7 Å². The van der Waals surface area contributed by atoms with Gasteiger partial charge in [-0.2, -0.15) is 0 Å². The van der Waals surface area contributed by atoms with Gasteiger partial charge in [0.2, 0.25) is 0 Å². The van der Waals surface area contributed by atoms with Crippen LogP contribution in [0.3, 0.4) is 0 Å². The van der Waals surface area contributed by atoms with Gasteiger partial charge in [-0.1, -0.05) is 26.0 Å². The molecule has 0 amide bonds. The van der Waals surface area contributed by atoms with Gasteiger partial charge in [-0.05, 0) is 32.1 Å². The fraction of sp³-hybridized carbons (Fsp3) is 0.667. The number of ether oxygens (including phenoxy) is 2. The van der Waals surface area contributed by atoms with Crippen LogP contribution in [-0.2, 0) is 19.1 Å². The van der Waals surface area contributed by atoms with Gasteiger partial charge in [0.15, 0.2) is 0 Å². The molecule has 2 aliphatic carbocycles. The average Bonchev–Trinajstić information content (AvgIpc) is 2.98. The van der Waals surface area contributed by atoms with Crippen molar-refractivity contribution in [3.05, 3.63) is 24.3 Å². The maximum absolute atomic E-state index is 12.1. The largest absolute Gasteiger partial charge is 0.418 e. The Balaban J connectivity index is 2.45. The van der Waals surface area contributed by atoms with Crippen molar-refractivity contribution in [3.63, 3.8) is 0 Å². The molecular formula is C18H26O6. The van der Waals surface area contributed by atoms with Crippen molar-refractivity contribution in [3.8, 4) is 0 Å². The highest BCUT2D eigenvalue weighted by atomic mass is 16.7. The van der Waals surface area contributed by atoms with E-state index < -0.39 is 41.8 Å². The van der Waals surface area contributed by atoms with E-state index in [0.29, 0.717) is 0 Å². The minimum atomic E-state index is -1.70. The molecule has 2 fully saturated rings. The number of carbonyl (C=O) groups is 2. The van der Waals surface area contributed by atoms with Crippen LogP contribution in [0.15, 0.2) is 24.3 Å². The van der Waals surface area contributed by atoms with Gasteiger partial charge in [-0.3, -0.25) is 0 Å². The first-order valence-corrected chi connectivity index (χ1v) is 8.19. The van der Waals surface area contributed by atoms with Gasteiger partial charge < -0.3 is 19.7 Å². The maximum Gasteiger partial charge on any atom is 0.336 e. The van der Waals surface area contributed by atoms with E-state index in [1.807, 2.05) is 0 Å². The van der Waals surface area contributed by atoms with E-state index in [2.05, 4.69) is 13.2 Å². The summed E-state index contributed by atoms with van der Waals surface area (Å²) in [5, 5.41) is 20.2. The van der Waals surface area contributed by atoms with Crippen LogP contribution < -0.4 is 0 Å². The van der Waals surface area contributed by atoms with Crippen molar-refractivity contribution in [1.29, 1.82) is 0 Å². The molecule has 0 aromatic heterocycles. The molecule has 2 N–H and O–H groups in total. The summed E-state index contributed by atoms with van der Waals surface area (Å²) in [4.78, 5) is 24.3. The van der Waals surface area contributed by atoms with Gasteiger partial charge in [0.25, 0.3) is 5.79 Å². The lowest BCUT2D eigenvalue weighted by atomic mass is 9.44. The molecule has 2 aliphatic rings. The third-order valence-corrected chi connectivity index (χ3v) is 5.63. The zero-order valence-electron chi connectivity index (χ0n) is 14.4. The highest BCUT2D eigenvalue weighted by Crippen LogP contribution is 2.71. The van der Waals surface area contributed by atoms with Crippen LogP contribution in [0, 0.1) is 10.8 Å². The number of aliphatic hydroxyl groups excluding tert-OH is 2. The van der Waals surface area contributed by atoms with E-state index in [-0.39, 0.29) is 17.6 Å². The van der Waals surface area contributed by atoms with Crippen LogP contribution in [0.4, 0.5) is 0 Å². The van der Waals surface area contributed by atoms with Gasteiger partial charge in [0.1, 0.15) is 0 Å². The van der Waals surface area contributed by atoms with Gasteiger partial charge in [-0.15, -0.1) is 0 Å². The van der Waals surface area contributed by atoms with E-state index >= 15 is 0 Å². The summed E-state index contributed by atoms with van der Waals surface area (Å²) in [6.07, 6.45) is 3.75. The van der Waals surface area contributed by atoms with Crippen LogP contribution in [0.1, 0.15) is 46.0 Å². The van der Waals surface area contributed by atoms with Crippen molar-refractivity contribution >= 4 is 11.9 Å². The normalized spacial score (nSPS) is 22.5. The summed E-state index contributed by atoms with van der Waals surface area (Å²) in [5.74, 6) is -3.14. The lowest BCUT2D eigenvalue weighted by molar-refractivity contribution is -0.385. The van der Waals surface area contributed by atoms with Crippen molar-refractivity contribution in [2.24, 2.45) is 10.8 Å². The molecule has 6 heteroatoms. The lowest BCUT2D eigenvalue weighted by Gasteiger charge is -2.66. The Kier molecular flexibility index (Phi) is 4.93. The number of rotatable bonds is 6. The van der Waals surface area contributed by atoms with Crippen LogP contribution in [0.25, 0.3) is 0 Å². The van der Waals surface area contributed by atoms with E-state index in [4.69, 9.17) is 9.47 Å². The molecule has 0 radical (unpaired) electrons. The fourth-order valence-electron chi connectivity index (χ4n) is 4.18. The number of carbonyl (C=O) groups excluding carboxylic acids is 2. The molecule has 0 aliphatic heterocycles. The van der Waals surface area contributed by atoms with Crippen LogP contribution >= 0.6 is 0 Å². The van der Waals surface area contributed by atoms with E-state index in [1.165, 1.54) is 13.8 Å². The Morgan fingerprint density at radius 2 is 1.38 bits per heavy atom. The standard InChI is InChI=1S/C18H26O6/c1-12(2)14(21)23-18(24-15(22)13(3)4)9-16(7-5-6-8-16)17(18,10-19)11-20/h19-20H,1,3,5-11H2,2,4H3. The monoisotopic (exact) mass is 338 g/mol. The molecule has 134 valence electrons. The molecule has 0 heterocycles. The molecule has 2 saturated carbocycles. The Hall–Kier alpha value is -1.66. The summed E-state index contributed by atoms with van der Waals surface area (Å²) < 4.78 is 11.0. The lowest BCUT2D eigenvalue weighted by Crippen LogP contribution is -2.75.